The quantitative estimate of drug-likeness (QED) is 0.722. The fourth-order valence-electron chi connectivity index (χ4n) is 1.85. The maximum absolute atomic E-state index is 4.45. The van der Waals surface area contributed by atoms with Crippen molar-refractivity contribution in [1.29, 1.82) is 0 Å². The minimum atomic E-state index is 0.499. The van der Waals surface area contributed by atoms with Gasteiger partial charge in [-0.2, -0.15) is 0 Å². The molecule has 20 heavy (non-hydrogen) atoms. The Hall–Kier alpha value is -1.34. The molecule has 0 N–H and O–H groups in total. The van der Waals surface area contributed by atoms with E-state index in [0.717, 1.165) is 17.8 Å². The van der Waals surface area contributed by atoms with Crippen molar-refractivity contribution in [3.8, 4) is 0 Å². The Kier molecular flexibility index (Phi) is 7.32. The Morgan fingerprint density at radius 2 is 1.90 bits per heavy atom. The zero-order valence-electron chi connectivity index (χ0n) is 12.5. The van der Waals surface area contributed by atoms with Crippen molar-refractivity contribution in [1.82, 2.24) is 4.98 Å². The van der Waals surface area contributed by atoms with Crippen LogP contribution in [0, 0.1) is 6.92 Å². The molecule has 1 aromatic heterocycles. The summed E-state index contributed by atoms with van der Waals surface area (Å²) in [5, 5.41) is 0. The van der Waals surface area contributed by atoms with Crippen molar-refractivity contribution >= 4 is 5.69 Å². The average Bonchev–Trinajstić information content (AvgIpc) is 2.48. The Morgan fingerprint density at radius 3 is 2.30 bits per heavy atom. The van der Waals surface area contributed by atoms with Crippen LogP contribution in [0.2, 0.25) is 0 Å². The first-order valence-corrected chi connectivity index (χ1v) is 7.33. The third-order valence-electron chi connectivity index (χ3n) is 3.05. The number of rotatable bonds is 3. The molecule has 2 rings (SSSR count). The van der Waals surface area contributed by atoms with E-state index in [0.29, 0.717) is 5.92 Å². The molecule has 0 unspecified atom stereocenters. The van der Waals surface area contributed by atoms with Crippen molar-refractivity contribution < 1.29 is 15.3 Å². The van der Waals surface area contributed by atoms with E-state index in [4.69, 9.17) is 0 Å². The SMILES string of the molecule is CCc1ccccn1.Cc1cccc(C(C)C)c1[N]=[Ni]. The summed E-state index contributed by atoms with van der Waals surface area (Å²) in [6.45, 7) is 8.46. The van der Waals surface area contributed by atoms with Crippen LogP contribution in [0.1, 0.15) is 43.5 Å². The summed E-state index contributed by atoms with van der Waals surface area (Å²) in [4.78, 5) is 4.10. The third kappa shape index (κ3) is 4.98. The van der Waals surface area contributed by atoms with Gasteiger partial charge in [0.1, 0.15) is 0 Å². The van der Waals surface area contributed by atoms with Gasteiger partial charge in [0.25, 0.3) is 0 Å². The number of aryl methyl sites for hydroxylation is 2. The summed E-state index contributed by atoms with van der Waals surface area (Å²) >= 11 is 4.45. The number of hydrogen-bond acceptors (Lipinski definition) is 2. The number of pyridine rings is 1. The van der Waals surface area contributed by atoms with Crippen LogP contribution in [0.3, 0.4) is 0 Å². The fraction of sp³-hybridized carbons (Fsp3) is 0.353. The molecule has 0 fully saturated rings. The third-order valence-corrected chi connectivity index (χ3v) is 3.27. The van der Waals surface area contributed by atoms with Gasteiger partial charge in [-0.15, -0.1) is 0 Å². The summed E-state index contributed by atoms with van der Waals surface area (Å²) in [6.07, 6.45) is 2.85. The second kappa shape index (κ2) is 8.76. The predicted molar refractivity (Wildman–Crippen MR) is 81.0 cm³/mol. The molecule has 0 amide bonds. The molecular weight excluding hydrogens is 291 g/mol. The van der Waals surface area contributed by atoms with Crippen molar-refractivity contribution in [2.24, 2.45) is 4.03 Å². The summed E-state index contributed by atoms with van der Waals surface area (Å²) in [7, 11) is 0. The molecule has 1 heterocycles. The first-order chi connectivity index (χ1) is 9.60. The van der Waals surface area contributed by atoms with E-state index in [-0.39, 0.29) is 0 Å². The standard InChI is InChI=1S/C10H13N.C7H9N.Ni/c1-7(2)9-6-4-5-8(3)10(9)11;1-2-7-5-3-4-6-8-7;/h4-7H,1-3H3;3-6H,2H2,1H3;. The van der Waals surface area contributed by atoms with Gasteiger partial charge >= 0.3 is 81.0 Å². The van der Waals surface area contributed by atoms with E-state index in [2.05, 4.69) is 57.2 Å². The second-order valence-electron chi connectivity index (χ2n) is 4.91. The molecule has 0 radical (unpaired) electrons. The van der Waals surface area contributed by atoms with Gasteiger partial charge in [-0.05, 0) is 18.6 Å². The van der Waals surface area contributed by atoms with Crippen LogP contribution >= 0.6 is 0 Å². The zero-order chi connectivity index (χ0) is 15.0. The van der Waals surface area contributed by atoms with Crippen LogP contribution in [-0.4, -0.2) is 4.98 Å². The number of nitrogens with zero attached hydrogens (tertiary/aromatic N) is 2. The van der Waals surface area contributed by atoms with Crippen LogP contribution in [0.4, 0.5) is 5.69 Å². The van der Waals surface area contributed by atoms with E-state index < -0.39 is 0 Å². The summed E-state index contributed by atoms with van der Waals surface area (Å²) in [5.41, 5.74) is 4.58. The molecule has 0 aliphatic heterocycles. The van der Waals surface area contributed by atoms with Gasteiger partial charge in [-0.25, -0.2) is 0 Å². The van der Waals surface area contributed by atoms with E-state index in [1.165, 1.54) is 11.1 Å². The fourth-order valence-corrected chi connectivity index (χ4v) is 2.15. The maximum atomic E-state index is 4.45. The molecule has 3 heteroatoms. The number of hydrogen-bond donors (Lipinski definition) is 0. The second-order valence-corrected chi connectivity index (χ2v) is 5.13. The number of aromatic nitrogens is 1. The van der Waals surface area contributed by atoms with Crippen molar-refractivity contribution in [3.63, 3.8) is 0 Å². The summed E-state index contributed by atoms with van der Waals surface area (Å²) in [6, 6.07) is 12.2. The molecule has 0 bridgehead atoms. The molecule has 0 aliphatic rings. The van der Waals surface area contributed by atoms with Gasteiger partial charge in [-0.1, -0.05) is 13.0 Å². The van der Waals surface area contributed by atoms with E-state index in [9.17, 15) is 0 Å². The van der Waals surface area contributed by atoms with Crippen LogP contribution in [-0.2, 0) is 21.7 Å². The average molecular weight is 313 g/mol. The first-order valence-electron chi connectivity index (χ1n) is 6.88. The molecule has 0 saturated heterocycles. The monoisotopic (exact) mass is 312 g/mol. The number of benzene rings is 1. The van der Waals surface area contributed by atoms with Crippen LogP contribution in [0.15, 0.2) is 46.6 Å². The van der Waals surface area contributed by atoms with Gasteiger partial charge in [0.15, 0.2) is 0 Å². The Bertz CT molecular complexity index is 536. The molecule has 0 spiro atoms. The zero-order valence-corrected chi connectivity index (χ0v) is 13.5. The van der Waals surface area contributed by atoms with Crippen molar-refractivity contribution in [2.45, 2.75) is 40.0 Å². The van der Waals surface area contributed by atoms with E-state index >= 15 is 0 Å². The van der Waals surface area contributed by atoms with Gasteiger partial charge in [-0.3, -0.25) is 4.98 Å². The molecule has 2 nitrogen and oxygen atoms in total. The molecule has 2 aromatic rings. The minimum absolute atomic E-state index is 0.499. The Balaban J connectivity index is 0.000000217. The molecule has 0 atom stereocenters. The van der Waals surface area contributed by atoms with Gasteiger partial charge in [0.2, 0.25) is 0 Å². The molecule has 1 aromatic carbocycles. The van der Waals surface area contributed by atoms with Crippen LogP contribution in [0.25, 0.3) is 0 Å². The summed E-state index contributed by atoms with van der Waals surface area (Å²) in [5.74, 6) is 0.499. The van der Waals surface area contributed by atoms with Crippen LogP contribution < -0.4 is 0 Å². The van der Waals surface area contributed by atoms with Gasteiger partial charge < -0.3 is 0 Å². The molecule has 0 aliphatic carbocycles. The van der Waals surface area contributed by atoms with Gasteiger partial charge in [0, 0.05) is 11.9 Å². The molecule has 110 valence electrons. The van der Waals surface area contributed by atoms with Crippen LogP contribution in [0.5, 0.6) is 0 Å². The molecule has 0 saturated carbocycles. The Morgan fingerprint density at radius 1 is 1.15 bits per heavy atom. The Labute approximate surface area is 129 Å². The summed E-state index contributed by atoms with van der Waals surface area (Å²) < 4.78 is 3.92. The van der Waals surface area contributed by atoms with Crippen molar-refractivity contribution in [2.75, 3.05) is 0 Å². The van der Waals surface area contributed by atoms with Crippen molar-refractivity contribution in [3.05, 3.63) is 59.4 Å². The van der Waals surface area contributed by atoms with Gasteiger partial charge in [0.05, 0.1) is 0 Å². The first kappa shape index (κ1) is 16.7. The predicted octanol–water partition coefficient (Wildman–Crippen LogP) is 5.12. The van der Waals surface area contributed by atoms with E-state index in [1.54, 1.807) is 0 Å². The molecular formula is C17H22N2Ni. The topological polar surface area (TPSA) is 25.2 Å². The normalized spacial score (nSPS) is 9.95. The van der Waals surface area contributed by atoms with E-state index in [1.807, 2.05) is 37.4 Å².